The fourth-order valence-corrected chi connectivity index (χ4v) is 3.41. The number of anilines is 1. The van der Waals surface area contributed by atoms with Gasteiger partial charge in [0, 0.05) is 23.5 Å². The number of nitrogens with one attached hydrogen (secondary N) is 1. The Hall–Kier alpha value is -3.93. The molecule has 3 heterocycles. The van der Waals surface area contributed by atoms with Gasteiger partial charge in [-0.3, -0.25) is 9.36 Å². The van der Waals surface area contributed by atoms with Crippen LogP contribution < -0.4 is 10.1 Å². The summed E-state index contributed by atoms with van der Waals surface area (Å²) in [7, 11) is 0. The van der Waals surface area contributed by atoms with Gasteiger partial charge in [0.2, 0.25) is 5.91 Å². The number of amides is 1. The lowest BCUT2D eigenvalue weighted by Crippen LogP contribution is -2.25. The van der Waals surface area contributed by atoms with E-state index >= 15 is 0 Å². The molecule has 0 unspecified atom stereocenters. The minimum absolute atomic E-state index is 0.125. The van der Waals surface area contributed by atoms with E-state index in [1.807, 2.05) is 66.9 Å². The molecule has 1 aliphatic rings. The number of aromatic nitrogens is 3. The molecule has 6 heteroatoms. The standard InChI is InChI=1S/C22H16N4O2/c27-22(25-15-9-10-20(24-13-15)26-12-11-23-14-26)21-16-5-1-3-7-18(16)28-19-8-4-2-6-17(19)21/h1-14,21H,(H,25,27). The molecular weight excluding hydrogens is 352 g/mol. The van der Waals surface area contributed by atoms with Crippen LogP contribution in [-0.2, 0) is 4.79 Å². The molecule has 5 rings (SSSR count). The van der Waals surface area contributed by atoms with E-state index in [0.29, 0.717) is 17.2 Å². The lowest BCUT2D eigenvalue weighted by molar-refractivity contribution is -0.116. The molecule has 28 heavy (non-hydrogen) atoms. The van der Waals surface area contributed by atoms with Gasteiger partial charge >= 0.3 is 0 Å². The van der Waals surface area contributed by atoms with Crippen LogP contribution >= 0.6 is 0 Å². The minimum Gasteiger partial charge on any atom is -0.457 e. The van der Waals surface area contributed by atoms with Crippen LogP contribution in [0.15, 0.2) is 85.6 Å². The molecule has 136 valence electrons. The van der Waals surface area contributed by atoms with Crippen LogP contribution in [-0.4, -0.2) is 20.4 Å². The number of carbonyl (C=O) groups excluding carboxylic acids is 1. The van der Waals surface area contributed by atoms with Gasteiger partial charge in [0.15, 0.2) is 0 Å². The van der Waals surface area contributed by atoms with Gasteiger partial charge in [0.25, 0.3) is 0 Å². The van der Waals surface area contributed by atoms with E-state index in [-0.39, 0.29) is 5.91 Å². The Morgan fingerprint density at radius 2 is 1.68 bits per heavy atom. The first kappa shape index (κ1) is 16.3. The Labute approximate surface area is 161 Å². The Morgan fingerprint density at radius 3 is 2.29 bits per heavy atom. The summed E-state index contributed by atoms with van der Waals surface area (Å²) in [5, 5.41) is 2.98. The SMILES string of the molecule is O=C(Nc1ccc(-n2ccnc2)nc1)C1c2ccccc2Oc2ccccc21. The molecule has 0 aliphatic carbocycles. The zero-order valence-corrected chi connectivity index (χ0v) is 14.8. The normalized spacial score (nSPS) is 12.6. The summed E-state index contributed by atoms with van der Waals surface area (Å²) in [5.41, 5.74) is 2.33. The maximum atomic E-state index is 13.2. The smallest absolute Gasteiger partial charge is 0.236 e. The van der Waals surface area contributed by atoms with E-state index in [0.717, 1.165) is 16.9 Å². The average molecular weight is 368 g/mol. The third-order valence-electron chi connectivity index (χ3n) is 4.73. The molecule has 6 nitrogen and oxygen atoms in total. The van der Waals surface area contributed by atoms with Crippen LogP contribution in [0, 0.1) is 0 Å². The molecule has 0 atom stereocenters. The van der Waals surface area contributed by atoms with E-state index in [1.165, 1.54) is 0 Å². The first-order valence-corrected chi connectivity index (χ1v) is 8.90. The summed E-state index contributed by atoms with van der Waals surface area (Å²) in [4.78, 5) is 21.6. The topological polar surface area (TPSA) is 69.0 Å². The first-order valence-electron chi connectivity index (χ1n) is 8.90. The summed E-state index contributed by atoms with van der Waals surface area (Å²) in [5.74, 6) is 1.57. The number of imidazole rings is 1. The fraction of sp³-hybridized carbons (Fsp3) is 0.0455. The van der Waals surface area contributed by atoms with Gasteiger partial charge in [0.1, 0.15) is 23.6 Å². The quantitative estimate of drug-likeness (QED) is 0.590. The summed E-state index contributed by atoms with van der Waals surface area (Å²) in [6, 6.07) is 18.9. The highest BCUT2D eigenvalue weighted by molar-refractivity contribution is 5.99. The second-order valence-corrected chi connectivity index (χ2v) is 6.48. The van der Waals surface area contributed by atoms with Crippen molar-refractivity contribution < 1.29 is 9.53 Å². The highest BCUT2D eigenvalue weighted by atomic mass is 16.5. The second-order valence-electron chi connectivity index (χ2n) is 6.48. The third kappa shape index (κ3) is 2.81. The van der Waals surface area contributed by atoms with Crippen molar-refractivity contribution in [3.8, 4) is 17.3 Å². The molecule has 0 radical (unpaired) electrons. The summed E-state index contributed by atoms with van der Waals surface area (Å²) in [6.07, 6.45) is 6.83. The molecule has 2 aromatic carbocycles. The molecular formula is C22H16N4O2. The number of para-hydroxylation sites is 2. The van der Waals surface area contributed by atoms with Crippen LogP contribution in [0.2, 0.25) is 0 Å². The molecule has 0 bridgehead atoms. The number of pyridine rings is 1. The minimum atomic E-state index is -0.450. The van der Waals surface area contributed by atoms with Gasteiger partial charge in [0.05, 0.1) is 17.8 Å². The van der Waals surface area contributed by atoms with Crippen molar-refractivity contribution in [3.05, 3.63) is 96.7 Å². The number of fused-ring (bicyclic) bond motifs is 2. The lowest BCUT2D eigenvalue weighted by Gasteiger charge is -2.27. The first-order chi connectivity index (χ1) is 13.8. The highest BCUT2D eigenvalue weighted by Crippen LogP contribution is 2.44. The summed E-state index contributed by atoms with van der Waals surface area (Å²) < 4.78 is 7.77. The molecule has 1 amide bonds. The molecule has 0 saturated carbocycles. The number of carbonyl (C=O) groups is 1. The number of nitrogens with zero attached hydrogens (tertiary/aromatic N) is 3. The predicted molar refractivity (Wildman–Crippen MR) is 105 cm³/mol. The second kappa shape index (κ2) is 6.66. The zero-order chi connectivity index (χ0) is 18.9. The molecule has 0 spiro atoms. The van der Waals surface area contributed by atoms with Crippen molar-refractivity contribution in [1.82, 2.24) is 14.5 Å². The van der Waals surface area contributed by atoms with E-state index in [4.69, 9.17) is 4.74 Å². The maximum absolute atomic E-state index is 13.2. The third-order valence-corrected chi connectivity index (χ3v) is 4.73. The van der Waals surface area contributed by atoms with Crippen molar-refractivity contribution in [2.75, 3.05) is 5.32 Å². The van der Waals surface area contributed by atoms with Gasteiger partial charge in [-0.1, -0.05) is 36.4 Å². The Balaban J connectivity index is 1.46. The van der Waals surface area contributed by atoms with Crippen molar-refractivity contribution in [2.45, 2.75) is 5.92 Å². The maximum Gasteiger partial charge on any atom is 0.236 e. The Morgan fingerprint density at radius 1 is 0.964 bits per heavy atom. The van der Waals surface area contributed by atoms with Crippen LogP contribution in [0.1, 0.15) is 17.0 Å². The Bertz CT molecular complexity index is 1090. The monoisotopic (exact) mass is 368 g/mol. The molecule has 4 aromatic rings. The van der Waals surface area contributed by atoms with Gasteiger partial charge in [-0.2, -0.15) is 0 Å². The van der Waals surface area contributed by atoms with Crippen molar-refractivity contribution >= 4 is 11.6 Å². The van der Waals surface area contributed by atoms with Gasteiger partial charge in [-0.25, -0.2) is 9.97 Å². The van der Waals surface area contributed by atoms with Gasteiger partial charge in [-0.05, 0) is 24.3 Å². The number of hydrogen-bond acceptors (Lipinski definition) is 4. The molecule has 1 aliphatic heterocycles. The fourth-order valence-electron chi connectivity index (χ4n) is 3.41. The average Bonchev–Trinajstić information content (AvgIpc) is 3.27. The zero-order valence-electron chi connectivity index (χ0n) is 14.8. The van der Waals surface area contributed by atoms with E-state index in [9.17, 15) is 4.79 Å². The van der Waals surface area contributed by atoms with Crippen LogP contribution in [0.4, 0.5) is 5.69 Å². The van der Waals surface area contributed by atoms with Crippen molar-refractivity contribution in [2.24, 2.45) is 0 Å². The Kier molecular flexibility index (Phi) is 3.87. The predicted octanol–water partition coefficient (Wildman–Crippen LogP) is 4.14. The van der Waals surface area contributed by atoms with Crippen LogP contribution in [0.5, 0.6) is 11.5 Å². The van der Waals surface area contributed by atoms with Gasteiger partial charge < -0.3 is 10.1 Å². The number of benzene rings is 2. The number of ether oxygens (including phenoxy) is 1. The van der Waals surface area contributed by atoms with E-state index in [2.05, 4.69) is 15.3 Å². The molecule has 2 aromatic heterocycles. The summed E-state index contributed by atoms with van der Waals surface area (Å²) >= 11 is 0. The summed E-state index contributed by atoms with van der Waals surface area (Å²) in [6.45, 7) is 0. The van der Waals surface area contributed by atoms with Crippen LogP contribution in [0.25, 0.3) is 5.82 Å². The lowest BCUT2D eigenvalue weighted by atomic mass is 9.87. The van der Waals surface area contributed by atoms with E-state index in [1.54, 1.807) is 23.3 Å². The van der Waals surface area contributed by atoms with Crippen LogP contribution in [0.3, 0.4) is 0 Å². The molecule has 1 N–H and O–H groups in total. The number of hydrogen-bond donors (Lipinski definition) is 1. The molecule has 0 fully saturated rings. The highest BCUT2D eigenvalue weighted by Gasteiger charge is 2.32. The van der Waals surface area contributed by atoms with Gasteiger partial charge in [-0.15, -0.1) is 0 Å². The van der Waals surface area contributed by atoms with E-state index < -0.39 is 5.92 Å². The largest absolute Gasteiger partial charge is 0.457 e. The van der Waals surface area contributed by atoms with Crippen molar-refractivity contribution in [1.29, 1.82) is 0 Å². The molecule has 0 saturated heterocycles. The van der Waals surface area contributed by atoms with Crippen molar-refractivity contribution in [3.63, 3.8) is 0 Å². The number of rotatable bonds is 3.